The van der Waals surface area contributed by atoms with Crippen LogP contribution < -0.4 is 26.1 Å². The van der Waals surface area contributed by atoms with Crippen molar-refractivity contribution in [2.75, 3.05) is 36.6 Å². The van der Waals surface area contributed by atoms with E-state index in [9.17, 15) is 4.79 Å². The second-order valence-corrected chi connectivity index (χ2v) is 7.68. The van der Waals surface area contributed by atoms with E-state index >= 15 is 0 Å². The number of anilines is 2. The van der Waals surface area contributed by atoms with Crippen LogP contribution in [0.25, 0.3) is 0 Å². The molecule has 3 aromatic rings. The number of rotatable bonds is 9. The van der Waals surface area contributed by atoms with Crippen molar-refractivity contribution in [3.05, 3.63) is 53.6 Å². The van der Waals surface area contributed by atoms with Crippen molar-refractivity contribution in [1.82, 2.24) is 14.9 Å². The molecule has 0 aliphatic carbocycles. The number of hydrazone groups is 1. The van der Waals surface area contributed by atoms with Crippen LogP contribution in [0.5, 0.6) is 11.5 Å². The third kappa shape index (κ3) is 5.70. The minimum absolute atomic E-state index is 0.118. The molecule has 0 spiro atoms. The van der Waals surface area contributed by atoms with Gasteiger partial charge in [0.15, 0.2) is 0 Å². The van der Waals surface area contributed by atoms with Crippen molar-refractivity contribution in [3.63, 3.8) is 0 Å². The highest BCUT2D eigenvalue weighted by Crippen LogP contribution is 2.22. The average Bonchev–Trinajstić information content (AvgIpc) is 3.16. The predicted molar refractivity (Wildman–Crippen MR) is 126 cm³/mol. The largest absolute Gasteiger partial charge is 0.497 e. The molecule has 168 valence electrons. The summed E-state index contributed by atoms with van der Waals surface area (Å²) in [6.07, 6.45) is 0. The van der Waals surface area contributed by atoms with E-state index in [-0.39, 0.29) is 17.6 Å². The van der Waals surface area contributed by atoms with Gasteiger partial charge in [0, 0.05) is 11.3 Å². The van der Waals surface area contributed by atoms with Crippen molar-refractivity contribution >= 4 is 35.0 Å². The van der Waals surface area contributed by atoms with Crippen molar-refractivity contribution in [2.45, 2.75) is 19.0 Å². The smallest absolute Gasteiger partial charge is 0.264 e. The number of nitrogen functional groups attached to an aromatic ring is 1. The number of aryl methyl sites for hydroxylation is 1. The Morgan fingerprint density at radius 3 is 2.62 bits per heavy atom. The molecule has 3 rings (SSSR count). The number of aromatic nitrogens is 3. The maximum absolute atomic E-state index is 12.3. The zero-order valence-corrected chi connectivity index (χ0v) is 19.1. The van der Waals surface area contributed by atoms with Gasteiger partial charge in [-0.05, 0) is 49.7 Å². The Kier molecular flexibility index (Phi) is 7.55. The molecule has 1 aromatic heterocycles. The molecule has 0 aliphatic rings. The van der Waals surface area contributed by atoms with Gasteiger partial charge in [-0.15, -0.1) is 10.2 Å². The van der Waals surface area contributed by atoms with Crippen molar-refractivity contribution in [2.24, 2.45) is 5.10 Å². The molecule has 0 atom stereocenters. The number of nitrogens with two attached hydrogens (primary N) is 1. The normalized spacial score (nSPS) is 11.2. The topological polar surface area (TPSA) is 129 Å². The molecule has 10 nitrogen and oxygen atoms in total. The zero-order valence-electron chi connectivity index (χ0n) is 18.2. The van der Waals surface area contributed by atoms with Crippen LogP contribution in [-0.4, -0.2) is 46.5 Å². The first-order chi connectivity index (χ1) is 15.4. The summed E-state index contributed by atoms with van der Waals surface area (Å²) in [7, 11) is 3.21. The SMILES string of the molecule is COc1cccc(/C(C)=N/Nc2nnc(SCC(=O)Nc3ccc(OC)cc3C)n2N)c1. The average molecular weight is 456 g/mol. The van der Waals surface area contributed by atoms with Gasteiger partial charge in [-0.2, -0.15) is 5.10 Å². The molecule has 0 unspecified atom stereocenters. The summed E-state index contributed by atoms with van der Waals surface area (Å²) in [6.45, 7) is 3.74. The van der Waals surface area contributed by atoms with Crippen molar-refractivity contribution in [1.29, 1.82) is 0 Å². The molecule has 2 aromatic carbocycles. The fourth-order valence-electron chi connectivity index (χ4n) is 2.72. The van der Waals surface area contributed by atoms with Crippen LogP contribution in [0.15, 0.2) is 52.7 Å². The zero-order chi connectivity index (χ0) is 23.1. The van der Waals surface area contributed by atoms with Crippen LogP contribution in [0.1, 0.15) is 18.1 Å². The third-order valence-corrected chi connectivity index (χ3v) is 5.46. The first kappa shape index (κ1) is 22.9. The van der Waals surface area contributed by atoms with Crippen LogP contribution in [-0.2, 0) is 4.79 Å². The van der Waals surface area contributed by atoms with Gasteiger partial charge in [0.2, 0.25) is 11.1 Å². The molecular formula is C21H25N7O3S. The van der Waals surface area contributed by atoms with Crippen LogP contribution >= 0.6 is 11.8 Å². The number of ether oxygens (including phenoxy) is 2. The summed E-state index contributed by atoms with van der Waals surface area (Å²) in [4.78, 5) is 12.3. The number of thioether (sulfide) groups is 1. The highest BCUT2D eigenvalue weighted by molar-refractivity contribution is 7.99. The molecule has 1 heterocycles. The summed E-state index contributed by atoms with van der Waals surface area (Å²) in [5, 5.41) is 15.5. The molecule has 11 heteroatoms. The fraction of sp³-hybridized carbons (Fsp3) is 0.238. The van der Waals surface area contributed by atoms with Gasteiger partial charge in [-0.3, -0.25) is 4.79 Å². The quantitative estimate of drug-likeness (QED) is 0.194. The first-order valence-electron chi connectivity index (χ1n) is 9.63. The first-order valence-corrected chi connectivity index (χ1v) is 10.6. The summed E-state index contributed by atoms with van der Waals surface area (Å²) in [6, 6.07) is 13.0. The molecule has 1 amide bonds. The van der Waals surface area contributed by atoms with E-state index in [1.54, 1.807) is 26.4 Å². The summed E-state index contributed by atoms with van der Waals surface area (Å²) < 4.78 is 11.7. The molecule has 0 aliphatic heterocycles. The van der Waals surface area contributed by atoms with Crippen LogP contribution in [0, 0.1) is 6.92 Å². The van der Waals surface area contributed by atoms with Gasteiger partial charge >= 0.3 is 0 Å². The third-order valence-electron chi connectivity index (χ3n) is 4.52. The molecular weight excluding hydrogens is 430 g/mol. The van der Waals surface area contributed by atoms with E-state index in [4.69, 9.17) is 15.3 Å². The lowest BCUT2D eigenvalue weighted by atomic mass is 10.1. The van der Waals surface area contributed by atoms with Gasteiger partial charge in [0.1, 0.15) is 11.5 Å². The van der Waals surface area contributed by atoms with Gasteiger partial charge < -0.3 is 20.6 Å². The Balaban J connectivity index is 1.58. The molecule has 0 fully saturated rings. The molecule has 0 saturated carbocycles. The minimum Gasteiger partial charge on any atom is -0.497 e. The van der Waals surface area contributed by atoms with Crippen molar-refractivity contribution in [3.8, 4) is 11.5 Å². The van der Waals surface area contributed by atoms with Crippen LogP contribution in [0.3, 0.4) is 0 Å². The molecule has 4 N–H and O–H groups in total. The molecule has 0 saturated heterocycles. The Morgan fingerprint density at radius 1 is 1.16 bits per heavy atom. The van der Waals surface area contributed by atoms with E-state index < -0.39 is 0 Å². The minimum atomic E-state index is -0.187. The number of hydrogen-bond acceptors (Lipinski definition) is 9. The predicted octanol–water partition coefficient (Wildman–Crippen LogP) is 2.88. The lowest BCUT2D eigenvalue weighted by Gasteiger charge is -2.09. The highest BCUT2D eigenvalue weighted by atomic mass is 32.2. The fourth-order valence-corrected chi connectivity index (χ4v) is 3.37. The second kappa shape index (κ2) is 10.5. The van der Waals surface area contributed by atoms with Crippen molar-refractivity contribution < 1.29 is 14.3 Å². The van der Waals surface area contributed by atoms with Gasteiger partial charge in [0.05, 0.1) is 25.7 Å². The maximum atomic E-state index is 12.3. The Morgan fingerprint density at radius 2 is 1.91 bits per heavy atom. The molecule has 0 bridgehead atoms. The Hall–Kier alpha value is -3.73. The standard InChI is InChI=1S/C21H25N7O3S/c1-13-10-17(31-4)8-9-18(13)23-19(29)12-32-21-27-26-20(28(21)22)25-24-14(2)15-6-5-7-16(11-15)30-3/h5-11H,12,22H2,1-4H3,(H,23,29)(H,25,26)/b24-14+. The number of methoxy groups -OCH3 is 2. The van der Waals surface area contributed by atoms with E-state index in [0.717, 1.165) is 34.0 Å². The van der Waals surface area contributed by atoms with E-state index in [1.165, 1.54) is 16.4 Å². The molecule has 32 heavy (non-hydrogen) atoms. The number of hydrogen-bond donors (Lipinski definition) is 3. The number of carbonyl (C=O) groups excluding carboxylic acids is 1. The monoisotopic (exact) mass is 455 g/mol. The number of amides is 1. The van der Waals surface area contributed by atoms with Crippen LogP contribution in [0.4, 0.5) is 11.6 Å². The van der Waals surface area contributed by atoms with E-state index in [2.05, 4.69) is 26.0 Å². The lowest BCUT2D eigenvalue weighted by molar-refractivity contribution is -0.113. The summed E-state index contributed by atoms with van der Waals surface area (Å²) >= 11 is 1.17. The van der Waals surface area contributed by atoms with Crippen LogP contribution in [0.2, 0.25) is 0 Å². The number of nitrogens with one attached hydrogen (secondary N) is 2. The van der Waals surface area contributed by atoms with Gasteiger partial charge in [-0.25, -0.2) is 10.1 Å². The second-order valence-electron chi connectivity index (χ2n) is 6.73. The summed E-state index contributed by atoms with van der Waals surface area (Å²) in [5.41, 5.74) is 6.03. The Labute approximate surface area is 190 Å². The lowest BCUT2D eigenvalue weighted by Crippen LogP contribution is -2.17. The highest BCUT2D eigenvalue weighted by Gasteiger charge is 2.13. The van der Waals surface area contributed by atoms with E-state index in [0.29, 0.717) is 5.16 Å². The Bertz CT molecular complexity index is 1130. The number of benzene rings is 2. The molecule has 0 radical (unpaired) electrons. The van der Waals surface area contributed by atoms with Gasteiger partial charge in [-0.1, -0.05) is 23.9 Å². The number of carbonyl (C=O) groups is 1. The van der Waals surface area contributed by atoms with Gasteiger partial charge in [0.25, 0.3) is 5.95 Å². The summed E-state index contributed by atoms with van der Waals surface area (Å²) in [5.74, 6) is 7.69. The number of nitrogens with zero attached hydrogens (tertiary/aromatic N) is 4. The maximum Gasteiger partial charge on any atom is 0.264 e. The van der Waals surface area contributed by atoms with E-state index in [1.807, 2.05) is 44.2 Å².